The molecule has 1 fully saturated rings. The fourth-order valence-electron chi connectivity index (χ4n) is 2.38. The van der Waals surface area contributed by atoms with Crippen molar-refractivity contribution in [1.29, 1.82) is 0 Å². The lowest BCUT2D eigenvalue weighted by Crippen LogP contribution is -2.40. The maximum atomic E-state index is 11.6. The van der Waals surface area contributed by atoms with Crippen LogP contribution in [0.1, 0.15) is 18.4 Å². The smallest absolute Gasteiger partial charge is 0.239 e. The molecule has 1 aliphatic rings. The van der Waals surface area contributed by atoms with Gasteiger partial charge in [0.25, 0.3) is 0 Å². The standard InChI is InChI=1S/C12H20N6O/c1-8-7-15-12(17-13)16-10(8)18-5-3-9(4-6-18)11(19)14-2/h7,9H,3-6,13H2,1-2H3,(H,14,19)(H,15,16,17). The molecule has 19 heavy (non-hydrogen) atoms. The van der Waals surface area contributed by atoms with Crippen LogP contribution < -0.4 is 21.5 Å². The number of aromatic nitrogens is 2. The van der Waals surface area contributed by atoms with Gasteiger partial charge in [-0.15, -0.1) is 0 Å². The highest BCUT2D eigenvalue weighted by atomic mass is 16.1. The monoisotopic (exact) mass is 264 g/mol. The summed E-state index contributed by atoms with van der Waals surface area (Å²) in [6, 6.07) is 0. The number of nitrogens with zero attached hydrogens (tertiary/aromatic N) is 3. The van der Waals surface area contributed by atoms with Gasteiger partial charge in [0.1, 0.15) is 5.82 Å². The number of anilines is 2. The number of carbonyl (C=O) groups excluding carboxylic acids is 1. The second kappa shape index (κ2) is 5.83. The van der Waals surface area contributed by atoms with Gasteiger partial charge in [0.05, 0.1) is 0 Å². The van der Waals surface area contributed by atoms with Crippen LogP contribution in [0, 0.1) is 12.8 Å². The van der Waals surface area contributed by atoms with E-state index in [2.05, 4.69) is 25.6 Å². The van der Waals surface area contributed by atoms with Gasteiger partial charge in [0, 0.05) is 37.8 Å². The van der Waals surface area contributed by atoms with Gasteiger partial charge in [0.2, 0.25) is 11.9 Å². The molecule has 0 unspecified atom stereocenters. The van der Waals surface area contributed by atoms with Crippen LogP contribution in [-0.4, -0.2) is 36.0 Å². The first-order chi connectivity index (χ1) is 9.15. The zero-order valence-electron chi connectivity index (χ0n) is 11.3. The zero-order chi connectivity index (χ0) is 13.8. The minimum atomic E-state index is 0.107. The molecule has 2 rings (SSSR count). The molecule has 1 amide bonds. The molecule has 2 heterocycles. The molecule has 1 aromatic rings. The number of hydrogen-bond donors (Lipinski definition) is 3. The molecule has 0 atom stereocenters. The molecule has 0 bridgehead atoms. The average Bonchev–Trinajstić information content (AvgIpc) is 2.47. The van der Waals surface area contributed by atoms with Crippen LogP contribution in [0.3, 0.4) is 0 Å². The SMILES string of the molecule is CNC(=O)C1CCN(c2nc(NN)ncc2C)CC1. The van der Waals surface area contributed by atoms with Crippen LogP contribution in [0.15, 0.2) is 6.20 Å². The van der Waals surface area contributed by atoms with Gasteiger partial charge in [0.15, 0.2) is 0 Å². The summed E-state index contributed by atoms with van der Waals surface area (Å²) in [6.07, 6.45) is 3.44. The molecule has 1 aromatic heterocycles. The second-order valence-electron chi connectivity index (χ2n) is 4.72. The highest BCUT2D eigenvalue weighted by Crippen LogP contribution is 2.24. The van der Waals surface area contributed by atoms with Crippen LogP contribution in [0.25, 0.3) is 0 Å². The van der Waals surface area contributed by atoms with E-state index in [1.54, 1.807) is 13.2 Å². The Hall–Kier alpha value is -1.89. The fraction of sp³-hybridized carbons (Fsp3) is 0.583. The number of piperidine rings is 1. The van der Waals surface area contributed by atoms with E-state index in [1.165, 1.54) is 0 Å². The Kier molecular flexibility index (Phi) is 4.16. The third kappa shape index (κ3) is 2.93. The van der Waals surface area contributed by atoms with Gasteiger partial charge >= 0.3 is 0 Å². The molecule has 0 aliphatic carbocycles. The molecule has 7 nitrogen and oxygen atoms in total. The molecular weight excluding hydrogens is 244 g/mol. The van der Waals surface area contributed by atoms with E-state index in [9.17, 15) is 4.79 Å². The third-order valence-electron chi connectivity index (χ3n) is 3.49. The van der Waals surface area contributed by atoms with Crippen LogP contribution in [0.5, 0.6) is 0 Å². The van der Waals surface area contributed by atoms with Gasteiger partial charge in [-0.2, -0.15) is 4.98 Å². The lowest BCUT2D eigenvalue weighted by Gasteiger charge is -2.32. The summed E-state index contributed by atoms with van der Waals surface area (Å²) >= 11 is 0. The predicted octanol–water partition coefficient (Wildman–Crippen LogP) is 0.0330. The van der Waals surface area contributed by atoms with Crippen LogP contribution in [0.2, 0.25) is 0 Å². The maximum absolute atomic E-state index is 11.6. The summed E-state index contributed by atoms with van der Waals surface area (Å²) in [4.78, 5) is 22.2. The number of hydrogen-bond acceptors (Lipinski definition) is 6. The fourth-order valence-corrected chi connectivity index (χ4v) is 2.38. The molecule has 0 spiro atoms. The summed E-state index contributed by atoms with van der Waals surface area (Å²) in [5.74, 6) is 6.87. The Balaban J connectivity index is 2.07. The number of rotatable bonds is 3. The lowest BCUT2D eigenvalue weighted by atomic mass is 9.96. The van der Waals surface area contributed by atoms with E-state index in [4.69, 9.17) is 5.84 Å². The van der Waals surface area contributed by atoms with Crippen molar-refractivity contribution in [3.8, 4) is 0 Å². The van der Waals surface area contributed by atoms with Crippen molar-refractivity contribution in [1.82, 2.24) is 15.3 Å². The van der Waals surface area contributed by atoms with Crippen LogP contribution in [-0.2, 0) is 4.79 Å². The van der Waals surface area contributed by atoms with E-state index in [0.29, 0.717) is 5.95 Å². The molecule has 104 valence electrons. The van der Waals surface area contributed by atoms with Crippen molar-refractivity contribution < 1.29 is 4.79 Å². The Morgan fingerprint density at radius 2 is 2.16 bits per heavy atom. The first-order valence-corrected chi connectivity index (χ1v) is 6.42. The highest BCUT2D eigenvalue weighted by Gasteiger charge is 2.25. The average molecular weight is 264 g/mol. The Morgan fingerprint density at radius 3 is 2.74 bits per heavy atom. The number of nitrogens with one attached hydrogen (secondary N) is 2. The van der Waals surface area contributed by atoms with E-state index in [0.717, 1.165) is 37.3 Å². The summed E-state index contributed by atoms with van der Waals surface area (Å²) in [6.45, 7) is 3.61. The lowest BCUT2D eigenvalue weighted by molar-refractivity contribution is -0.125. The van der Waals surface area contributed by atoms with Crippen molar-refractivity contribution in [2.75, 3.05) is 30.5 Å². The molecule has 4 N–H and O–H groups in total. The van der Waals surface area contributed by atoms with Crippen LogP contribution in [0.4, 0.5) is 11.8 Å². The van der Waals surface area contributed by atoms with Crippen molar-refractivity contribution in [2.45, 2.75) is 19.8 Å². The molecular formula is C12H20N6O. The Bertz CT molecular complexity index is 456. The maximum Gasteiger partial charge on any atom is 0.239 e. The molecule has 1 aliphatic heterocycles. The van der Waals surface area contributed by atoms with Gasteiger partial charge in [-0.05, 0) is 19.8 Å². The zero-order valence-corrected chi connectivity index (χ0v) is 11.3. The summed E-state index contributed by atoms with van der Waals surface area (Å²) in [5, 5.41) is 2.71. The first kappa shape index (κ1) is 13.5. The number of aryl methyl sites for hydroxylation is 1. The predicted molar refractivity (Wildman–Crippen MR) is 73.6 cm³/mol. The number of nitrogen functional groups attached to an aromatic ring is 1. The topological polar surface area (TPSA) is 96.2 Å². The van der Waals surface area contributed by atoms with Crippen molar-refractivity contribution in [3.63, 3.8) is 0 Å². The number of carbonyl (C=O) groups is 1. The van der Waals surface area contributed by atoms with Gasteiger partial charge in [-0.25, -0.2) is 10.8 Å². The largest absolute Gasteiger partial charge is 0.359 e. The Morgan fingerprint density at radius 1 is 1.47 bits per heavy atom. The quantitative estimate of drug-likeness (QED) is 0.526. The molecule has 7 heteroatoms. The van der Waals surface area contributed by atoms with Crippen molar-refractivity contribution in [2.24, 2.45) is 11.8 Å². The van der Waals surface area contributed by atoms with Gasteiger partial charge in [-0.1, -0.05) is 0 Å². The summed E-state index contributed by atoms with van der Waals surface area (Å²) < 4.78 is 0. The normalized spacial score (nSPS) is 16.3. The minimum absolute atomic E-state index is 0.107. The van der Waals surface area contributed by atoms with Crippen molar-refractivity contribution >= 4 is 17.7 Å². The van der Waals surface area contributed by atoms with E-state index in [1.807, 2.05) is 6.92 Å². The first-order valence-electron chi connectivity index (χ1n) is 6.42. The van der Waals surface area contributed by atoms with E-state index >= 15 is 0 Å². The summed E-state index contributed by atoms with van der Waals surface area (Å²) in [7, 11) is 1.68. The van der Waals surface area contributed by atoms with Gasteiger partial charge < -0.3 is 10.2 Å². The number of nitrogens with two attached hydrogens (primary N) is 1. The molecule has 0 radical (unpaired) electrons. The summed E-state index contributed by atoms with van der Waals surface area (Å²) in [5.41, 5.74) is 3.47. The van der Waals surface area contributed by atoms with E-state index < -0.39 is 0 Å². The van der Waals surface area contributed by atoms with Crippen LogP contribution >= 0.6 is 0 Å². The van der Waals surface area contributed by atoms with Crippen molar-refractivity contribution in [3.05, 3.63) is 11.8 Å². The highest BCUT2D eigenvalue weighted by molar-refractivity contribution is 5.78. The van der Waals surface area contributed by atoms with E-state index in [-0.39, 0.29) is 11.8 Å². The Labute approximate surface area is 112 Å². The molecule has 1 saturated heterocycles. The number of amides is 1. The second-order valence-corrected chi connectivity index (χ2v) is 4.72. The molecule has 0 saturated carbocycles. The molecule has 0 aromatic carbocycles. The minimum Gasteiger partial charge on any atom is -0.359 e. The number of hydrazine groups is 1. The third-order valence-corrected chi connectivity index (χ3v) is 3.49. The van der Waals surface area contributed by atoms with Gasteiger partial charge in [-0.3, -0.25) is 10.2 Å².